The first-order valence-electron chi connectivity index (χ1n) is 11.7. The lowest BCUT2D eigenvalue weighted by Gasteiger charge is -2.39. The number of hydrogen-bond acceptors (Lipinski definition) is 4. The van der Waals surface area contributed by atoms with Crippen LogP contribution < -0.4 is 0 Å². The van der Waals surface area contributed by atoms with E-state index in [2.05, 4.69) is 34.1 Å². The van der Waals surface area contributed by atoms with Gasteiger partial charge >= 0.3 is 0 Å². The Balaban J connectivity index is 1.21. The van der Waals surface area contributed by atoms with E-state index in [-0.39, 0.29) is 11.5 Å². The highest BCUT2D eigenvalue weighted by atomic mass is 35.5. The van der Waals surface area contributed by atoms with Crippen molar-refractivity contribution in [2.45, 2.75) is 31.6 Å². The summed E-state index contributed by atoms with van der Waals surface area (Å²) in [6.45, 7) is 6.14. The predicted molar refractivity (Wildman–Crippen MR) is 127 cm³/mol. The number of hydrogen-bond donors (Lipinski definition) is 1. The summed E-state index contributed by atoms with van der Waals surface area (Å²) in [5.41, 5.74) is 5.07. The average Bonchev–Trinajstić information content (AvgIpc) is 3.42. The van der Waals surface area contributed by atoms with Crippen LogP contribution in [-0.4, -0.2) is 60.1 Å². The van der Waals surface area contributed by atoms with E-state index < -0.39 is 0 Å². The van der Waals surface area contributed by atoms with Gasteiger partial charge in [-0.1, -0.05) is 35.9 Å². The molecule has 1 aromatic heterocycles. The lowest BCUT2D eigenvalue weighted by atomic mass is 9.84. The van der Waals surface area contributed by atoms with Crippen LogP contribution in [0.25, 0.3) is 10.9 Å². The zero-order valence-electron chi connectivity index (χ0n) is 18.6. The van der Waals surface area contributed by atoms with E-state index in [0.29, 0.717) is 30.4 Å². The Morgan fingerprint density at radius 3 is 2.67 bits per heavy atom. The summed E-state index contributed by atoms with van der Waals surface area (Å²) in [6.07, 6.45) is 1.65. The standard InChI is InChI=1S/C26H28ClN3O3/c27-21-13-19-15-23(28-24(19)20(14-21)16-29-9-11-32-12-10-29)25(31)30-7-5-26(6-8-30)22-4-2-1-3-18(22)17-33-26/h1-4,13-15,28H,5-12,16-17H2. The quantitative estimate of drug-likeness (QED) is 0.626. The van der Waals surface area contributed by atoms with Crippen molar-refractivity contribution < 1.29 is 14.3 Å². The molecule has 1 amide bonds. The van der Waals surface area contributed by atoms with Crippen molar-refractivity contribution in [2.75, 3.05) is 39.4 Å². The van der Waals surface area contributed by atoms with Crippen LogP contribution in [0.1, 0.15) is 40.0 Å². The first-order chi connectivity index (χ1) is 16.1. The van der Waals surface area contributed by atoms with Crippen molar-refractivity contribution in [3.05, 3.63) is 69.9 Å². The predicted octanol–water partition coefficient (Wildman–Crippen LogP) is 4.32. The van der Waals surface area contributed by atoms with E-state index in [0.717, 1.165) is 62.2 Å². The Morgan fingerprint density at radius 2 is 1.85 bits per heavy atom. The second kappa shape index (κ2) is 8.44. The second-order valence-corrected chi connectivity index (χ2v) is 9.77. The van der Waals surface area contributed by atoms with E-state index in [1.807, 2.05) is 23.1 Å². The SMILES string of the molecule is O=C(c1cc2cc(Cl)cc(CN3CCOCC3)c2[nH]1)N1CCC2(CC1)OCc1ccccc12. The molecule has 6 nitrogen and oxygen atoms in total. The van der Waals surface area contributed by atoms with Gasteiger partial charge in [-0.3, -0.25) is 9.69 Å². The smallest absolute Gasteiger partial charge is 0.270 e. The lowest BCUT2D eigenvalue weighted by molar-refractivity contribution is -0.0742. The molecule has 2 fully saturated rings. The van der Waals surface area contributed by atoms with Gasteiger partial charge in [-0.25, -0.2) is 0 Å². The van der Waals surface area contributed by atoms with Crippen LogP contribution in [0.3, 0.4) is 0 Å². The van der Waals surface area contributed by atoms with Crippen molar-refractivity contribution >= 4 is 28.4 Å². The van der Waals surface area contributed by atoms with Crippen LogP contribution in [0.5, 0.6) is 0 Å². The fraction of sp³-hybridized carbons (Fsp3) is 0.423. The molecule has 4 heterocycles. The minimum Gasteiger partial charge on any atom is -0.379 e. The zero-order valence-corrected chi connectivity index (χ0v) is 19.4. The normalized spacial score (nSPS) is 20.5. The van der Waals surface area contributed by atoms with Crippen LogP contribution in [-0.2, 0) is 28.2 Å². The number of ether oxygens (including phenoxy) is 2. The Labute approximate surface area is 198 Å². The van der Waals surface area contributed by atoms with Gasteiger partial charge in [0.05, 0.1) is 30.9 Å². The molecule has 0 atom stereocenters. The minimum absolute atomic E-state index is 0.0424. The number of carbonyl (C=O) groups is 1. The molecular formula is C26H28ClN3O3. The van der Waals surface area contributed by atoms with Gasteiger partial charge in [0.15, 0.2) is 0 Å². The fourth-order valence-electron chi connectivity index (χ4n) is 5.56. The van der Waals surface area contributed by atoms with Gasteiger partial charge in [0, 0.05) is 43.1 Å². The molecule has 0 unspecified atom stereocenters. The van der Waals surface area contributed by atoms with Crippen molar-refractivity contribution in [1.29, 1.82) is 0 Å². The van der Waals surface area contributed by atoms with E-state index in [4.69, 9.17) is 21.1 Å². The molecule has 172 valence electrons. The zero-order chi connectivity index (χ0) is 22.4. The molecule has 0 bridgehead atoms. The molecule has 3 aromatic rings. The molecule has 2 aromatic carbocycles. The average molecular weight is 466 g/mol. The van der Waals surface area contributed by atoms with Crippen molar-refractivity contribution in [3.8, 4) is 0 Å². The van der Waals surface area contributed by atoms with Gasteiger partial charge in [0.2, 0.25) is 0 Å². The van der Waals surface area contributed by atoms with Gasteiger partial charge in [0.1, 0.15) is 5.69 Å². The Hall–Kier alpha value is -2.38. The number of piperidine rings is 1. The third kappa shape index (κ3) is 3.85. The highest BCUT2D eigenvalue weighted by Gasteiger charge is 2.43. The van der Waals surface area contributed by atoms with Gasteiger partial charge < -0.3 is 19.4 Å². The number of likely N-dealkylation sites (tertiary alicyclic amines) is 1. The van der Waals surface area contributed by atoms with E-state index in [1.165, 1.54) is 11.1 Å². The van der Waals surface area contributed by atoms with Gasteiger partial charge in [-0.05, 0) is 47.7 Å². The maximum Gasteiger partial charge on any atom is 0.270 e. The number of aromatic nitrogens is 1. The van der Waals surface area contributed by atoms with Crippen molar-refractivity contribution in [2.24, 2.45) is 0 Å². The molecule has 6 rings (SSSR count). The highest BCUT2D eigenvalue weighted by molar-refractivity contribution is 6.31. The molecule has 3 aliphatic rings. The number of rotatable bonds is 3. The van der Waals surface area contributed by atoms with Crippen molar-refractivity contribution in [3.63, 3.8) is 0 Å². The minimum atomic E-state index is -0.243. The molecular weight excluding hydrogens is 438 g/mol. The number of nitrogens with one attached hydrogen (secondary N) is 1. The molecule has 7 heteroatoms. The van der Waals surface area contributed by atoms with E-state index >= 15 is 0 Å². The number of amides is 1. The molecule has 2 saturated heterocycles. The van der Waals surface area contributed by atoms with Gasteiger partial charge in [-0.15, -0.1) is 0 Å². The third-order valence-electron chi connectivity index (χ3n) is 7.37. The number of nitrogens with zero attached hydrogens (tertiary/aromatic N) is 2. The first kappa shape index (κ1) is 21.2. The summed E-state index contributed by atoms with van der Waals surface area (Å²) in [4.78, 5) is 21.1. The topological polar surface area (TPSA) is 57.8 Å². The number of halogens is 1. The van der Waals surface area contributed by atoms with E-state index in [9.17, 15) is 4.79 Å². The summed E-state index contributed by atoms with van der Waals surface area (Å²) in [6, 6.07) is 14.3. The summed E-state index contributed by atoms with van der Waals surface area (Å²) in [5, 5.41) is 1.68. The first-order valence-corrected chi connectivity index (χ1v) is 12.1. The van der Waals surface area contributed by atoms with Gasteiger partial charge in [-0.2, -0.15) is 0 Å². The van der Waals surface area contributed by atoms with E-state index in [1.54, 1.807) is 0 Å². The van der Waals surface area contributed by atoms with Crippen LogP contribution in [0.2, 0.25) is 5.02 Å². The Morgan fingerprint density at radius 1 is 1.06 bits per heavy atom. The molecule has 0 saturated carbocycles. The highest BCUT2D eigenvalue weighted by Crippen LogP contribution is 2.44. The monoisotopic (exact) mass is 465 g/mol. The number of H-pyrrole nitrogens is 1. The largest absolute Gasteiger partial charge is 0.379 e. The molecule has 0 aliphatic carbocycles. The van der Waals surface area contributed by atoms with Crippen molar-refractivity contribution in [1.82, 2.24) is 14.8 Å². The maximum absolute atomic E-state index is 13.4. The molecule has 3 aliphatic heterocycles. The second-order valence-electron chi connectivity index (χ2n) is 9.33. The fourth-order valence-corrected chi connectivity index (χ4v) is 5.81. The third-order valence-corrected chi connectivity index (χ3v) is 7.59. The summed E-state index contributed by atoms with van der Waals surface area (Å²) in [5.74, 6) is 0.0424. The molecule has 1 N–H and O–H groups in total. The van der Waals surface area contributed by atoms with Crippen LogP contribution >= 0.6 is 11.6 Å². The number of aromatic amines is 1. The number of carbonyl (C=O) groups excluding carboxylic acids is 1. The lowest BCUT2D eigenvalue weighted by Crippen LogP contribution is -2.45. The maximum atomic E-state index is 13.4. The van der Waals surface area contributed by atoms with Crippen LogP contribution in [0, 0.1) is 0 Å². The summed E-state index contributed by atoms with van der Waals surface area (Å²) >= 11 is 6.42. The Bertz CT molecular complexity index is 1190. The number of fused-ring (bicyclic) bond motifs is 3. The number of benzene rings is 2. The number of morpholine rings is 1. The Kier molecular flexibility index (Phi) is 5.41. The molecule has 1 spiro atoms. The summed E-state index contributed by atoms with van der Waals surface area (Å²) in [7, 11) is 0. The molecule has 0 radical (unpaired) electrons. The van der Waals surface area contributed by atoms with Crippen LogP contribution in [0.15, 0.2) is 42.5 Å². The van der Waals surface area contributed by atoms with Gasteiger partial charge in [0.25, 0.3) is 5.91 Å². The summed E-state index contributed by atoms with van der Waals surface area (Å²) < 4.78 is 11.7. The van der Waals surface area contributed by atoms with Crippen LogP contribution in [0.4, 0.5) is 0 Å². The molecule has 33 heavy (non-hydrogen) atoms.